The van der Waals surface area contributed by atoms with E-state index in [2.05, 4.69) is 119 Å². The summed E-state index contributed by atoms with van der Waals surface area (Å²) in [6.45, 7) is 6.40. The molecule has 0 saturated heterocycles. The molecular formula is C48H33N5. The van der Waals surface area contributed by atoms with Crippen molar-refractivity contribution in [3.8, 4) is 34.4 Å². The first-order valence-electron chi connectivity index (χ1n) is 17.9. The van der Waals surface area contributed by atoms with E-state index in [-0.39, 0.29) is 0 Å². The van der Waals surface area contributed by atoms with E-state index >= 15 is 0 Å². The van der Waals surface area contributed by atoms with Crippen LogP contribution in [0.4, 0.5) is 0 Å². The Balaban J connectivity index is 1.36. The number of nitrogens with zero attached hydrogens (tertiary/aromatic N) is 5. The fourth-order valence-corrected chi connectivity index (χ4v) is 7.92. The highest BCUT2D eigenvalue weighted by Gasteiger charge is 2.25. The number of rotatable bonds is 6. The Hall–Kier alpha value is -7.11. The molecule has 0 aliphatic heterocycles. The van der Waals surface area contributed by atoms with Crippen molar-refractivity contribution in [2.24, 2.45) is 0 Å². The lowest BCUT2D eigenvalue weighted by atomic mass is 10.0. The average Bonchev–Trinajstić information content (AvgIpc) is 3.73. The van der Waals surface area contributed by atoms with Gasteiger partial charge < -0.3 is 4.57 Å². The van der Waals surface area contributed by atoms with Crippen molar-refractivity contribution in [3.63, 3.8) is 0 Å². The molecule has 7 aromatic carbocycles. The van der Waals surface area contributed by atoms with Crippen LogP contribution in [0.3, 0.4) is 0 Å². The summed E-state index contributed by atoms with van der Waals surface area (Å²) in [5.41, 5.74) is 8.10. The van der Waals surface area contributed by atoms with Gasteiger partial charge in [-0.3, -0.25) is 4.57 Å². The van der Waals surface area contributed by atoms with Crippen molar-refractivity contribution >= 4 is 66.4 Å². The summed E-state index contributed by atoms with van der Waals surface area (Å²) >= 11 is 0. The summed E-state index contributed by atoms with van der Waals surface area (Å²) in [5, 5.41) is 8.32. The maximum atomic E-state index is 5.22. The average molecular weight is 680 g/mol. The van der Waals surface area contributed by atoms with E-state index in [1.54, 1.807) is 0 Å². The van der Waals surface area contributed by atoms with Crippen molar-refractivity contribution in [3.05, 3.63) is 176 Å². The molecule has 0 atom stereocenters. The Kier molecular flexibility index (Phi) is 7.12. The summed E-state index contributed by atoms with van der Waals surface area (Å²) in [7, 11) is 0. The zero-order valence-electron chi connectivity index (χ0n) is 29.1. The topological polar surface area (TPSA) is 48.5 Å². The van der Waals surface area contributed by atoms with Crippen molar-refractivity contribution < 1.29 is 0 Å². The lowest BCUT2D eigenvalue weighted by Crippen LogP contribution is -2.08. The second-order valence-electron chi connectivity index (χ2n) is 13.3. The minimum Gasteiger partial charge on any atom is -0.307 e. The molecule has 0 fully saturated rings. The van der Waals surface area contributed by atoms with Gasteiger partial charge in [-0.2, -0.15) is 9.97 Å². The largest absolute Gasteiger partial charge is 0.307 e. The van der Waals surface area contributed by atoms with E-state index in [4.69, 9.17) is 15.0 Å². The van der Waals surface area contributed by atoms with Crippen LogP contribution in [0.25, 0.3) is 101 Å². The lowest BCUT2D eigenvalue weighted by molar-refractivity contribution is 0.926. The monoisotopic (exact) mass is 679 g/mol. The SMILES string of the molecule is C=Cc1c(/C=C\C)c2ccc3c4ccccc4n(-c4ccc5c(ccc6ccccc65)c4)c3c2n1-c1nc(-c2ccccc2)nc(-c2ccccc2)n1. The van der Waals surface area contributed by atoms with Gasteiger partial charge >= 0.3 is 0 Å². The molecule has 0 bridgehead atoms. The Bertz CT molecular complexity index is 3020. The Morgan fingerprint density at radius 3 is 1.81 bits per heavy atom. The number of hydrogen-bond donors (Lipinski definition) is 0. The number of hydrogen-bond acceptors (Lipinski definition) is 3. The highest BCUT2D eigenvalue weighted by atomic mass is 15.2. The Morgan fingerprint density at radius 2 is 1.09 bits per heavy atom. The van der Waals surface area contributed by atoms with E-state index in [1.165, 1.54) is 26.9 Å². The fourth-order valence-electron chi connectivity index (χ4n) is 7.92. The summed E-state index contributed by atoms with van der Waals surface area (Å²) in [4.78, 5) is 15.5. The minimum absolute atomic E-state index is 0.530. The number of aromatic nitrogens is 5. The second kappa shape index (κ2) is 12.3. The maximum Gasteiger partial charge on any atom is 0.238 e. The lowest BCUT2D eigenvalue weighted by Gasteiger charge is -2.14. The molecule has 0 radical (unpaired) electrons. The van der Waals surface area contributed by atoms with E-state index in [1.807, 2.05) is 73.7 Å². The molecule has 3 aromatic heterocycles. The van der Waals surface area contributed by atoms with Crippen molar-refractivity contribution in [2.45, 2.75) is 6.92 Å². The molecule has 0 amide bonds. The molecule has 3 heterocycles. The van der Waals surface area contributed by atoms with E-state index < -0.39 is 0 Å². The maximum absolute atomic E-state index is 5.22. The molecule has 0 aliphatic rings. The fraction of sp³-hybridized carbons (Fsp3) is 0.0208. The van der Waals surface area contributed by atoms with Gasteiger partial charge in [-0.25, -0.2) is 4.98 Å². The molecular weight excluding hydrogens is 647 g/mol. The molecule has 250 valence electrons. The van der Waals surface area contributed by atoms with Crippen LogP contribution in [-0.4, -0.2) is 24.1 Å². The van der Waals surface area contributed by atoms with Gasteiger partial charge in [0.15, 0.2) is 11.6 Å². The number of para-hydroxylation sites is 1. The van der Waals surface area contributed by atoms with E-state index in [0.717, 1.165) is 55.4 Å². The molecule has 5 nitrogen and oxygen atoms in total. The molecule has 0 N–H and O–H groups in total. The highest BCUT2D eigenvalue weighted by molar-refractivity contribution is 6.20. The summed E-state index contributed by atoms with van der Waals surface area (Å²) in [6.07, 6.45) is 6.16. The van der Waals surface area contributed by atoms with Crippen LogP contribution in [0, 0.1) is 0 Å². The number of allylic oxidation sites excluding steroid dienone is 1. The third-order valence-electron chi connectivity index (χ3n) is 10.2. The molecule has 53 heavy (non-hydrogen) atoms. The van der Waals surface area contributed by atoms with Gasteiger partial charge in [0.1, 0.15) is 0 Å². The van der Waals surface area contributed by atoms with Crippen LogP contribution in [-0.2, 0) is 0 Å². The summed E-state index contributed by atoms with van der Waals surface area (Å²) in [6, 6.07) is 53.2. The van der Waals surface area contributed by atoms with Crippen LogP contribution in [0.2, 0.25) is 0 Å². The highest BCUT2D eigenvalue weighted by Crippen LogP contribution is 2.42. The molecule has 0 spiro atoms. The van der Waals surface area contributed by atoms with Crippen LogP contribution in [0.15, 0.2) is 164 Å². The molecule has 10 aromatic rings. The first-order chi connectivity index (χ1) is 26.2. The van der Waals surface area contributed by atoms with Crippen molar-refractivity contribution in [2.75, 3.05) is 0 Å². The predicted octanol–water partition coefficient (Wildman–Crippen LogP) is 12.2. The van der Waals surface area contributed by atoms with Gasteiger partial charge in [0.05, 0.1) is 22.2 Å². The van der Waals surface area contributed by atoms with Crippen LogP contribution in [0.5, 0.6) is 0 Å². The molecule has 0 unspecified atom stereocenters. The third-order valence-corrected chi connectivity index (χ3v) is 10.2. The molecule has 0 saturated carbocycles. The Labute approximate surface area is 306 Å². The van der Waals surface area contributed by atoms with E-state index in [0.29, 0.717) is 17.6 Å². The van der Waals surface area contributed by atoms with E-state index in [9.17, 15) is 0 Å². The predicted molar refractivity (Wildman–Crippen MR) is 222 cm³/mol. The smallest absolute Gasteiger partial charge is 0.238 e. The van der Waals surface area contributed by atoms with Gasteiger partial charge in [0.2, 0.25) is 5.95 Å². The van der Waals surface area contributed by atoms with Gasteiger partial charge in [-0.05, 0) is 52.7 Å². The van der Waals surface area contributed by atoms with Crippen molar-refractivity contribution in [1.29, 1.82) is 0 Å². The first kappa shape index (κ1) is 30.7. The second-order valence-corrected chi connectivity index (χ2v) is 13.3. The standard InChI is InChI=1S/C48H33N5/c1-3-15-38-40-28-29-41-39-22-13-14-23-43(39)52(35-26-27-37-34(30-35)25-24-31-16-11-12-21-36(31)37)44(41)45(40)53(42(38)4-2)48-50-46(32-17-7-5-8-18-32)49-47(51-48)33-19-9-6-10-20-33/h3-30H,2H2,1H3/b15-3-. The van der Waals surface area contributed by atoms with Crippen LogP contribution < -0.4 is 0 Å². The third kappa shape index (κ3) is 4.82. The van der Waals surface area contributed by atoms with Crippen LogP contribution in [0.1, 0.15) is 18.2 Å². The van der Waals surface area contributed by atoms with Gasteiger partial charge in [-0.1, -0.05) is 152 Å². The summed E-state index contributed by atoms with van der Waals surface area (Å²) in [5.74, 6) is 1.74. The van der Waals surface area contributed by atoms with Gasteiger partial charge in [0, 0.05) is 38.5 Å². The quantitative estimate of drug-likeness (QED) is 0.164. The minimum atomic E-state index is 0.530. The normalized spacial score (nSPS) is 11.9. The zero-order chi connectivity index (χ0) is 35.5. The van der Waals surface area contributed by atoms with Gasteiger partial charge in [0.25, 0.3) is 0 Å². The molecule has 0 aliphatic carbocycles. The number of fused-ring (bicyclic) bond motifs is 8. The molecule has 5 heteroatoms. The first-order valence-corrected chi connectivity index (χ1v) is 17.9. The Morgan fingerprint density at radius 1 is 0.509 bits per heavy atom. The van der Waals surface area contributed by atoms with Gasteiger partial charge in [-0.15, -0.1) is 0 Å². The number of benzene rings is 7. The molecule has 10 rings (SSSR count). The van der Waals surface area contributed by atoms with Crippen molar-refractivity contribution in [1.82, 2.24) is 24.1 Å². The zero-order valence-corrected chi connectivity index (χ0v) is 29.1. The summed E-state index contributed by atoms with van der Waals surface area (Å²) < 4.78 is 4.59. The van der Waals surface area contributed by atoms with Crippen LogP contribution >= 0.6 is 0 Å².